The maximum Gasteiger partial charge on any atom is 0.216 e. The van der Waals surface area contributed by atoms with Crippen LogP contribution < -0.4 is 4.74 Å². The van der Waals surface area contributed by atoms with Crippen LogP contribution in [0.4, 0.5) is 0 Å². The number of hydrogen-bond acceptors (Lipinski definition) is 2. The second-order valence-electron chi connectivity index (χ2n) is 5.06. The molecule has 2 aromatic carbocycles. The van der Waals surface area contributed by atoms with Crippen LogP contribution in [0, 0.1) is 0 Å². The van der Waals surface area contributed by atoms with Gasteiger partial charge in [-0.1, -0.05) is 54.1 Å². The Labute approximate surface area is 135 Å². The van der Waals surface area contributed by atoms with Crippen LogP contribution in [-0.2, 0) is 6.42 Å². The molecular formula is C19H16ClNO. The first-order valence-corrected chi connectivity index (χ1v) is 7.47. The molecule has 0 amide bonds. The zero-order valence-corrected chi connectivity index (χ0v) is 13.0. The molecule has 22 heavy (non-hydrogen) atoms. The van der Waals surface area contributed by atoms with Crippen molar-refractivity contribution in [2.45, 2.75) is 6.42 Å². The highest BCUT2D eigenvalue weighted by Crippen LogP contribution is 2.26. The lowest BCUT2D eigenvalue weighted by Crippen LogP contribution is -1.97. The van der Waals surface area contributed by atoms with Crippen LogP contribution in [0.15, 0.2) is 66.9 Å². The van der Waals surface area contributed by atoms with E-state index in [9.17, 15) is 0 Å². The molecule has 1 heterocycles. The Balaban J connectivity index is 1.96. The van der Waals surface area contributed by atoms with Crippen molar-refractivity contribution in [3.05, 3.63) is 83.0 Å². The number of pyridine rings is 1. The maximum atomic E-state index is 5.94. The molecule has 3 aromatic rings. The summed E-state index contributed by atoms with van der Waals surface area (Å²) in [6, 6.07) is 20.2. The number of ether oxygens (including phenoxy) is 1. The number of rotatable bonds is 4. The fraction of sp³-hybridized carbons (Fsp3) is 0.105. The summed E-state index contributed by atoms with van der Waals surface area (Å²) in [6.07, 6.45) is 2.60. The van der Waals surface area contributed by atoms with Crippen molar-refractivity contribution < 1.29 is 4.74 Å². The van der Waals surface area contributed by atoms with Crippen LogP contribution in [0.3, 0.4) is 0 Å². The average molecular weight is 310 g/mol. The van der Waals surface area contributed by atoms with Crippen molar-refractivity contribution in [3.8, 4) is 17.0 Å². The molecule has 0 aliphatic heterocycles. The zero-order valence-electron chi connectivity index (χ0n) is 12.3. The Morgan fingerprint density at radius 1 is 0.955 bits per heavy atom. The van der Waals surface area contributed by atoms with E-state index in [-0.39, 0.29) is 0 Å². The van der Waals surface area contributed by atoms with Gasteiger partial charge in [-0.2, -0.15) is 0 Å². The van der Waals surface area contributed by atoms with Crippen molar-refractivity contribution in [2.24, 2.45) is 0 Å². The predicted molar refractivity (Wildman–Crippen MR) is 90.5 cm³/mol. The van der Waals surface area contributed by atoms with E-state index in [0.717, 1.165) is 28.1 Å². The maximum absolute atomic E-state index is 5.94. The number of halogens is 1. The molecule has 1 aromatic heterocycles. The first-order chi connectivity index (χ1) is 10.8. The van der Waals surface area contributed by atoms with Crippen LogP contribution in [0.2, 0.25) is 5.02 Å². The second-order valence-corrected chi connectivity index (χ2v) is 5.50. The number of aromatic nitrogens is 1. The Hall–Kier alpha value is -2.32. The molecule has 0 aliphatic carbocycles. The number of nitrogens with zero attached hydrogens (tertiary/aromatic N) is 1. The highest BCUT2D eigenvalue weighted by atomic mass is 35.5. The van der Waals surface area contributed by atoms with Crippen LogP contribution in [-0.4, -0.2) is 12.1 Å². The normalized spacial score (nSPS) is 10.5. The Morgan fingerprint density at radius 3 is 2.36 bits per heavy atom. The summed E-state index contributed by atoms with van der Waals surface area (Å²) in [4.78, 5) is 4.44. The number of hydrogen-bond donors (Lipinski definition) is 0. The summed E-state index contributed by atoms with van der Waals surface area (Å²) in [5.41, 5.74) is 4.47. The third-order valence-electron chi connectivity index (χ3n) is 3.53. The van der Waals surface area contributed by atoms with Crippen molar-refractivity contribution in [1.82, 2.24) is 4.98 Å². The minimum Gasteiger partial charge on any atom is -0.481 e. The van der Waals surface area contributed by atoms with E-state index >= 15 is 0 Å². The number of methoxy groups -OCH3 is 1. The first-order valence-electron chi connectivity index (χ1n) is 7.09. The summed E-state index contributed by atoms with van der Waals surface area (Å²) >= 11 is 5.94. The standard InChI is InChI=1S/C19H16ClNO/c1-22-19-16(11-14-7-9-18(20)10-8-14)12-17(13-21-19)15-5-3-2-4-6-15/h2-10,12-13H,11H2,1H3. The van der Waals surface area contributed by atoms with Crippen LogP contribution in [0.5, 0.6) is 5.88 Å². The quantitative estimate of drug-likeness (QED) is 0.676. The SMILES string of the molecule is COc1ncc(-c2ccccc2)cc1Cc1ccc(Cl)cc1. The minimum atomic E-state index is 0.662. The molecule has 0 saturated heterocycles. The van der Waals surface area contributed by atoms with Crippen LogP contribution in [0.1, 0.15) is 11.1 Å². The van der Waals surface area contributed by atoms with Crippen molar-refractivity contribution in [1.29, 1.82) is 0 Å². The predicted octanol–water partition coefficient (Wildman–Crippen LogP) is 5.00. The van der Waals surface area contributed by atoms with Gasteiger partial charge >= 0.3 is 0 Å². The van der Waals surface area contributed by atoms with Gasteiger partial charge in [0.2, 0.25) is 5.88 Å². The molecule has 110 valence electrons. The molecule has 0 unspecified atom stereocenters. The molecule has 0 bridgehead atoms. The minimum absolute atomic E-state index is 0.662. The zero-order chi connectivity index (χ0) is 15.4. The summed E-state index contributed by atoms with van der Waals surface area (Å²) in [5, 5.41) is 0.742. The van der Waals surface area contributed by atoms with Crippen molar-refractivity contribution in [3.63, 3.8) is 0 Å². The second kappa shape index (κ2) is 6.63. The number of benzene rings is 2. The summed E-state index contributed by atoms with van der Waals surface area (Å²) in [7, 11) is 1.65. The first kappa shape index (κ1) is 14.6. The lowest BCUT2D eigenvalue weighted by atomic mass is 10.0. The van der Waals surface area contributed by atoms with Gasteiger partial charge in [0, 0.05) is 28.8 Å². The average Bonchev–Trinajstić information content (AvgIpc) is 2.58. The summed E-state index contributed by atoms with van der Waals surface area (Å²) in [5.74, 6) is 0.662. The third-order valence-corrected chi connectivity index (χ3v) is 3.79. The topological polar surface area (TPSA) is 22.1 Å². The fourth-order valence-electron chi connectivity index (χ4n) is 2.42. The highest BCUT2D eigenvalue weighted by molar-refractivity contribution is 6.30. The third kappa shape index (κ3) is 3.29. The van der Waals surface area contributed by atoms with E-state index in [2.05, 4.69) is 23.2 Å². The Kier molecular flexibility index (Phi) is 4.40. The van der Waals surface area contributed by atoms with Gasteiger partial charge in [-0.3, -0.25) is 0 Å². The van der Waals surface area contributed by atoms with E-state index in [1.165, 1.54) is 5.56 Å². The smallest absolute Gasteiger partial charge is 0.216 e. The molecule has 0 fully saturated rings. The Morgan fingerprint density at radius 2 is 1.68 bits per heavy atom. The van der Waals surface area contributed by atoms with Gasteiger partial charge in [-0.05, 0) is 29.3 Å². The summed E-state index contributed by atoms with van der Waals surface area (Å²) in [6.45, 7) is 0. The van der Waals surface area contributed by atoms with Gasteiger partial charge in [-0.25, -0.2) is 4.98 Å². The molecule has 0 radical (unpaired) electrons. The molecule has 3 rings (SSSR count). The monoisotopic (exact) mass is 309 g/mol. The molecule has 0 saturated carbocycles. The van der Waals surface area contributed by atoms with E-state index < -0.39 is 0 Å². The van der Waals surface area contributed by atoms with Gasteiger partial charge in [-0.15, -0.1) is 0 Å². The molecule has 0 aliphatic rings. The Bertz CT molecular complexity index is 754. The molecule has 0 atom stereocenters. The van der Waals surface area contributed by atoms with Crippen molar-refractivity contribution >= 4 is 11.6 Å². The lowest BCUT2D eigenvalue weighted by molar-refractivity contribution is 0.393. The lowest BCUT2D eigenvalue weighted by Gasteiger charge is -2.10. The van der Waals surface area contributed by atoms with E-state index in [1.807, 2.05) is 48.7 Å². The van der Waals surface area contributed by atoms with Gasteiger partial charge in [0.1, 0.15) is 0 Å². The van der Waals surface area contributed by atoms with Crippen molar-refractivity contribution in [2.75, 3.05) is 7.11 Å². The van der Waals surface area contributed by atoms with Gasteiger partial charge < -0.3 is 4.74 Å². The fourth-order valence-corrected chi connectivity index (χ4v) is 2.54. The van der Waals surface area contributed by atoms with Gasteiger partial charge in [0.25, 0.3) is 0 Å². The van der Waals surface area contributed by atoms with Crippen LogP contribution in [0.25, 0.3) is 11.1 Å². The molecular weight excluding hydrogens is 294 g/mol. The highest BCUT2D eigenvalue weighted by Gasteiger charge is 2.08. The van der Waals surface area contributed by atoms with E-state index in [1.54, 1.807) is 7.11 Å². The molecule has 0 spiro atoms. The van der Waals surface area contributed by atoms with E-state index in [4.69, 9.17) is 16.3 Å². The van der Waals surface area contributed by atoms with Gasteiger partial charge in [0.05, 0.1) is 7.11 Å². The molecule has 0 N–H and O–H groups in total. The molecule has 2 nitrogen and oxygen atoms in total. The van der Waals surface area contributed by atoms with Gasteiger partial charge in [0.15, 0.2) is 0 Å². The molecule has 3 heteroatoms. The van der Waals surface area contributed by atoms with E-state index in [0.29, 0.717) is 5.88 Å². The summed E-state index contributed by atoms with van der Waals surface area (Å²) < 4.78 is 5.39. The van der Waals surface area contributed by atoms with Crippen LogP contribution >= 0.6 is 11.6 Å². The largest absolute Gasteiger partial charge is 0.481 e.